The van der Waals surface area contributed by atoms with Gasteiger partial charge in [-0.3, -0.25) is 4.90 Å². The lowest BCUT2D eigenvalue weighted by Crippen LogP contribution is -2.38. The van der Waals surface area contributed by atoms with Gasteiger partial charge in [0.15, 0.2) is 0 Å². The Bertz CT molecular complexity index is 982. The van der Waals surface area contributed by atoms with Gasteiger partial charge in [0.1, 0.15) is 5.82 Å². The fraction of sp³-hybridized carbons (Fsp3) is 0.407. The number of benzene rings is 2. The zero-order chi connectivity index (χ0) is 21.9. The molecule has 2 saturated heterocycles. The van der Waals surface area contributed by atoms with Crippen LogP contribution in [0.15, 0.2) is 65.4 Å². The molecule has 2 unspecified atom stereocenters. The predicted octanol–water partition coefficient (Wildman–Crippen LogP) is 6.64. The summed E-state index contributed by atoms with van der Waals surface area (Å²) >= 11 is 7.88. The van der Waals surface area contributed by atoms with E-state index in [2.05, 4.69) is 38.8 Å². The molecule has 2 aromatic carbocycles. The van der Waals surface area contributed by atoms with Crippen LogP contribution in [-0.4, -0.2) is 42.5 Å². The van der Waals surface area contributed by atoms with E-state index in [1.54, 1.807) is 23.5 Å². The topological polar surface area (TPSA) is 6.48 Å². The van der Waals surface area contributed by atoms with Gasteiger partial charge in [0, 0.05) is 37.1 Å². The quantitative estimate of drug-likeness (QED) is 0.400. The Hall–Kier alpha value is -1.72. The van der Waals surface area contributed by atoms with Crippen LogP contribution >= 0.6 is 22.9 Å². The maximum Gasteiger partial charge on any atom is 0.123 e. The highest BCUT2D eigenvalue weighted by atomic mass is 35.5. The van der Waals surface area contributed by atoms with Gasteiger partial charge in [-0.2, -0.15) is 11.3 Å². The highest BCUT2D eigenvalue weighted by Crippen LogP contribution is 2.36. The number of hydrogen-bond donors (Lipinski definition) is 0. The molecular formula is C27H30ClFN2S. The SMILES string of the molecule is Fc1ccc(C2CCN(CC3CN(Cc4ccc(Cl)cc4)CC3c3ccsc3)CC2)cc1. The van der Waals surface area contributed by atoms with Crippen molar-refractivity contribution in [3.63, 3.8) is 0 Å². The van der Waals surface area contributed by atoms with Crippen LogP contribution in [0, 0.1) is 11.7 Å². The maximum absolute atomic E-state index is 13.3. The molecule has 0 bridgehead atoms. The maximum atomic E-state index is 13.3. The summed E-state index contributed by atoms with van der Waals surface area (Å²) in [7, 11) is 0. The van der Waals surface area contributed by atoms with E-state index in [-0.39, 0.29) is 5.82 Å². The zero-order valence-electron chi connectivity index (χ0n) is 18.3. The van der Waals surface area contributed by atoms with Crippen LogP contribution in [0.5, 0.6) is 0 Å². The van der Waals surface area contributed by atoms with Crippen molar-refractivity contribution >= 4 is 22.9 Å². The molecule has 2 aliphatic heterocycles. The lowest BCUT2D eigenvalue weighted by atomic mass is 9.87. The monoisotopic (exact) mass is 468 g/mol. The third-order valence-corrected chi connectivity index (χ3v) is 8.18. The first kappa shape index (κ1) is 22.1. The molecule has 5 heteroatoms. The van der Waals surface area contributed by atoms with Crippen molar-refractivity contribution in [3.05, 3.63) is 92.9 Å². The molecule has 0 N–H and O–H groups in total. The summed E-state index contributed by atoms with van der Waals surface area (Å²) in [5, 5.41) is 5.35. The van der Waals surface area contributed by atoms with Crippen LogP contribution in [0.3, 0.4) is 0 Å². The van der Waals surface area contributed by atoms with Gasteiger partial charge in [-0.15, -0.1) is 0 Å². The van der Waals surface area contributed by atoms with Crippen LogP contribution in [0.1, 0.15) is 41.4 Å². The molecule has 0 radical (unpaired) electrons. The van der Waals surface area contributed by atoms with Crippen molar-refractivity contribution in [1.29, 1.82) is 0 Å². The van der Waals surface area contributed by atoms with Crippen LogP contribution in [0.2, 0.25) is 5.02 Å². The minimum absolute atomic E-state index is 0.143. The highest BCUT2D eigenvalue weighted by Gasteiger charge is 2.35. The molecular weight excluding hydrogens is 439 g/mol. The molecule has 168 valence electrons. The minimum atomic E-state index is -0.143. The van der Waals surface area contributed by atoms with E-state index in [1.807, 2.05) is 24.3 Å². The summed E-state index contributed by atoms with van der Waals surface area (Å²) in [6.45, 7) is 6.67. The summed E-state index contributed by atoms with van der Waals surface area (Å²) in [6, 6.07) is 17.7. The number of nitrogens with zero attached hydrogens (tertiary/aromatic N) is 2. The second-order valence-electron chi connectivity index (χ2n) is 9.37. The summed E-state index contributed by atoms with van der Waals surface area (Å²) in [5.41, 5.74) is 4.12. The number of piperidine rings is 1. The average Bonchev–Trinajstić information content (AvgIpc) is 3.47. The Labute approximate surface area is 199 Å². The Morgan fingerprint density at radius 2 is 1.62 bits per heavy atom. The Kier molecular flexibility index (Phi) is 6.94. The van der Waals surface area contributed by atoms with E-state index in [0.29, 0.717) is 17.8 Å². The summed E-state index contributed by atoms with van der Waals surface area (Å²) in [6.07, 6.45) is 2.33. The Morgan fingerprint density at radius 1 is 0.875 bits per heavy atom. The van der Waals surface area contributed by atoms with Gasteiger partial charge in [-0.05, 0) is 95.5 Å². The Balaban J connectivity index is 1.21. The molecule has 2 fully saturated rings. The number of likely N-dealkylation sites (tertiary alicyclic amines) is 2. The van der Waals surface area contributed by atoms with E-state index < -0.39 is 0 Å². The van der Waals surface area contributed by atoms with E-state index in [1.165, 1.54) is 16.7 Å². The second-order valence-corrected chi connectivity index (χ2v) is 10.6. The van der Waals surface area contributed by atoms with Gasteiger partial charge >= 0.3 is 0 Å². The third kappa shape index (κ3) is 5.26. The standard InChI is InChI=1S/C27H30ClFN2S/c28-25-5-1-20(2-6-25)15-31-17-24(27(18-31)23-11-14-32-19-23)16-30-12-9-22(10-13-30)21-3-7-26(29)8-4-21/h1-8,11,14,19,22,24,27H,9-10,12-13,15-18H2. The fourth-order valence-electron chi connectivity index (χ4n) is 5.50. The molecule has 0 aliphatic carbocycles. The molecule has 3 aromatic rings. The number of hydrogen-bond acceptors (Lipinski definition) is 3. The lowest BCUT2D eigenvalue weighted by Gasteiger charge is -2.34. The highest BCUT2D eigenvalue weighted by molar-refractivity contribution is 7.08. The molecule has 32 heavy (non-hydrogen) atoms. The van der Waals surface area contributed by atoms with Crippen molar-refractivity contribution in [3.8, 4) is 0 Å². The largest absolute Gasteiger partial charge is 0.303 e. The molecule has 2 nitrogen and oxygen atoms in total. The second kappa shape index (κ2) is 10.0. The van der Waals surface area contributed by atoms with Gasteiger partial charge in [-0.1, -0.05) is 35.9 Å². The minimum Gasteiger partial charge on any atom is -0.303 e. The van der Waals surface area contributed by atoms with Crippen molar-refractivity contribution in [2.45, 2.75) is 31.2 Å². The number of rotatable bonds is 6. The van der Waals surface area contributed by atoms with Gasteiger partial charge in [-0.25, -0.2) is 4.39 Å². The lowest BCUT2D eigenvalue weighted by molar-refractivity contribution is 0.177. The van der Waals surface area contributed by atoms with Gasteiger partial charge in [0.25, 0.3) is 0 Å². The van der Waals surface area contributed by atoms with Crippen molar-refractivity contribution in [2.24, 2.45) is 5.92 Å². The van der Waals surface area contributed by atoms with Gasteiger partial charge in [0.2, 0.25) is 0 Å². The van der Waals surface area contributed by atoms with E-state index in [4.69, 9.17) is 11.6 Å². The van der Waals surface area contributed by atoms with Crippen LogP contribution in [-0.2, 0) is 6.54 Å². The van der Waals surface area contributed by atoms with E-state index in [0.717, 1.165) is 57.1 Å². The smallest absolute Gasteiger partial charge is 0.123 e. The molecule has 2 aliphatic rings. The summed E-state index contributed by atoms with van der Waals surface area (Å²) in [5.74, 6) is 1.67. The molecule has 2 atom stereocenters. The predicted molar refractivity (Wildman–Crippen MR) is 132 cm³/mol. The molecule has 1 aromatic heterocycles. The van der Waals surface area contributed by atoms with Gasteiger partial charge in [0.05, 0.1) is 0 Å². The molecule has 5 rings (SSSR count). The first-order valence-electron chi connectivity index (χ1n) is 11.6. The Morgan fingerprint density at radius 3 is 2.31 bits per heavy atom. The number of thiophene rings is 1. The molecule has 0 amide bonds. The van der Waals surface area contributed by atoms with Gasteiger partial charge < -0.3 is 4.90 Å². The third-order valence-electron chi connectivity index (χ3n) is 7.23. The molecule has 0 spiro atoms. The molecule has 0 saturated carbocycles. The molecule has 3 heterocycles. The fourth-order valence-corrected chi connectivity index (χ4v) is 6.35. The normalized spacial score (nSPS) is 23.1. The number of halogens is 2. The van der Waals surface area contributed by atoms with Crippen LogP contribution < -0.4 is 0 Å². The van der Waals surface area contributed by atoms with Crippen molar-refractivity contribution in [2.75, 3.05) is 32.7 Å². The zero-order valence-corrected chi connectivity index (χ0v) is 19.9. The van der Waals surface area contributed by atoms with Crippen molar-refractivity contribution < 1.29 is 4.39 Å². The summed E-state index contributed by atoms with van der Waals surface area (Å²) < 4.78 is 13.3. The first-order chi connectivity index (χ1) is 15.6. The summed E-state index contributed by atoms with van der Waals surface area (Å²) in [4.78, 5) is 5.28. The average molecular weight is 469 g/mol. The van der Waals surface area contributed by atoms with E-state index in [9.17, 15) is 4.39 Å². The van der Waals surface area contributed by atoms with Crippen molar-refractivity contribution in [1.82, 2.24) is 9.80 Å². The van der Waals surface area contributed by atoms with E-state index >= 15 is 0 Å². The van der Waals surface area contributed by atoms with Crippen LogP contribution in [0.25, 0.3) is 0 Å². The van der Waals surface area contributed by atoms with Crippen LogP contribution in [0.4, 0.5) is 4.39 Å². The first-order valence-corrected chi connectivity index (χ1v) is 12.9.